The predicted octanol–water partition coefficient (Wildman–Crippen LogP) is 2.80. The Morgan fingerprint density at radius 3 is 2.63 bits per heavy atom. The summed E-state index contributed by atoms with van der Waals surface area (Å²) in [6.45, 7) is 8.90. The first-order valence-corrected chi connectivity index (χ1v) is 7.51. The van der Waals surface area contributed by atoms with Crippen molar-refractivity contribution in [2.24, 2.45) is 0 Å². The lowest BCUT2D eigenvalue weighted by molar-refractivity contribution is 0.219. The smallest absolute Gasteiger partial charge is 0.128 e. The Bertz CT molecular complexity index is 372. The van der Waals surface area contributed by atoms with Crippen LogP contribution in [0.4, 0.5) is 11.6 Å². The van der Waals surface area contributed by atoms with E-state index in [0.29, 0.717) is 6.04 Å². The number of rotatable bonds is 6. The van der Waals surface area contributed by atoms with Crippen LogP contribution in [0.3, 0.4) is 0 Å². The highest BCUT2D eigenvalue weighted by Gasteiger charge is 2.18. The average Bonchev–Trinajstić information content (AvgIpc) is 2.42. The van der Waals surface area contributed by atoms with Gasteiger partial charge in [0.05, 0.1) is 0 Å². The van der Waals surface area contributed by atoms with Crippen LogP contribution in [-0.2, 0) is 0 Å². The fourth-order valence-electron chi connectivity index (χ4n) is 2.62. The van der Waals surface area contributed by atoms with Crippen LogP contribution in [0.5, 0.6) is 0 Å². The van der Waals surface area contributed by atoms with Gasteiger partial charge in [0.25, 0.3) is 0 Å². The Balaban J connectivity index is 1.83. The van der Waals surface area contributed by atoms with Gasteiger partial charge in [-0.2, -0.15) is 0 Å². The Morgan fingerprint density at radius 1 is 1.21 bits per heavy atom. The zero-order valence-electron chi connectivity index (χ0n) is 12.2. The summed E-state index contributed by atoms with van der Waals surface area (Å²) in [5, 5.41) is 6.81. The van der Waals surface area contributed by atoms with Crippen LogP contribution in [0, 0.1) is 0 Å². The normalized spacial score (nSPS) is 17.4. The van der Waals surface area contributed by atoms with Crippen molar-refractivity contribution in [3.8, 4) is 0 Å². The summed E-state index contributed by atoms with van der Waals surface area (Å²) in [5.74, 6) is 1.95. The molecule has 0 aliphatic carbocycles. The first-order chi connectivity index (χ1) is 9.31. The van der Waals surface area contributed by atoms with Gasteiger partial charge in [0.15, 0.2) is 0 Å². The van der Waals surface area contributed by atoms with Crippen molar-refractivity contribution in [1.82, 2.24) is 9.88 Å². The van der Waals surface area contributed by atoms with Gasteiger partial charge in [0.2, 0.25) is 0 Å². The molecule has 2 rings (SSSR count). The molecule has 0 saturated carbocycles. The fraction of sp³-hybridized carbons (Fsp3) is 0.667. The lowest BCUT2D eigenvalue weighted by atomic mass is 10.0. The highest BCUT2D eigenvalue weighted by atomic mass is 15.1. The van der Waals surface area contributed by atoms with E-state index in [2.05, 4.69) is 46.5 Å². The SMILES string of the molecule is CCCN1CCC(Nc2cccc(NCC)n2)CC1. The van der Waals surface area contributed by atoms with E-state index in [0.717, 1.165) is 18.2 Å². The van der Waals surface area contributed by atoms with E-state index in [1.54, 1.807) is 0 Å². The average molecular weight is 262 g/mol. The van der Waals surface area contributed by atoms with Crippen molar-refractivity contribution in [3.63, 3.8) is 0 Å². The molecule has 0 bridgehead atoms. The minimum atomic E-state index is 0.567. The maximum absolute atomic E-state index is 4.58. The summed E-state index contributed by atoms with van der Waals surface area (Å²) in [6.07, 6.45) is 3.69. The molecule has 1 aliphatic heterocycles. The van der Waals surface area contributed by atoms with Crippen LogP contribution >= 0.6 is 0 Å². The number of piperidine rings is 1. The molecule has 106 valence electrons. The van der Waals surface area contributed by atoms with Crippen molar-refractivity contribution in [2.75, 3.05) is 36.8 Å². The van der Waals surface area contributed by atoms with Crippen LogP contribution in [-0.4, -0.2) is 42.1 Å². The molecule has 4 nitrogen and oxygen atoms in total. The largest absolute Gasteiger partial charge is 0.370 e. The number of aromatic nitrogens is 1. The maximum atomic E-state index is 4.58. The molecule has 1 aliphatic rings. The molecule has 0 atom stereocenters. The minimum Gasteiger partial charge on any atom is -0.370 e. The molecule has 1 aromatic heterocycles. The second-order valence-electron chi connectivity index (χ2n) is 5.20. The van der Waals surface area contributed by atoms with E-state index < -0.39 is 0 Å². The number of nitrogens with one attached hydrogen (secondary N) is 2. The van der Waals surface area contributed by atoms with Crippen molar-refractivity contribution in [3.05, 3.63) is 18.2 Å². The third-order valence-corrected chi connectivity index (χ3v) is 3.59. The Kier molecular flexibility index (Phi) is 5.45. The van der Waals surface area contributed by atoms with E-state index in [-0.39, 0.29) is 0 Å². The number of likely N-dealkylation sites (tertiary alicyclic amines) is 1. The number of pyridine rings is 1. The molecule has 0 aromatic carbocycles. The van der Waals surface area contributed by atoms with Gasteiger partial charge < -0.3 is 15.5 Å². The highest BCUT2D eigenvalue weighted by Crippen LogP contribution is 2.16. The van der Waals surface area contributed by atoms with Gasteiger partial charge in [0, 0.05) is 25.7 Å². The van der Waals surface area contributed by atoms with Crippen molar-refractivity contribution < 1.29 is 0 Å². The number of hydrogen-bond donors (Lipinski definition) is 2. The van der Waals surface area contributed by atoms with Crippen molar-refractivity contribution in [2.45, 2.75) is 39.2 Å². The molecule has 0 radical (unpaired) electrons. The Morgan fingerprint density at radius 2 is 1.95 bits per heavy atom. The van der Waals surface area contributed by atoms with Gasteiger partial charge in [-0.25, -0.2) is 4.98 Å². The van der Waals surface area contributed by atoms with E-state index in [9.17, 15) is 0 Å². The predicted molar refractivity (Wildman–Crippen MR) is 81.8 cm³/mol. The molecular weight excluding hydrogens is 236 g/mol. The fourth-order valence-corrected chi connectivity index (χ4v) is 2.62. The van der Waals surface area contributed by atoms with E-state index in [4.69, 9.17) is 0 Å². The summed E-state index contributed by atoms with van der Waals surface area (Å²) >= 11 is 0. The van der Waals surface area contributed by atoms with Crippen LogP contribution < -0.4 is 10.6 Å². The highest BCUT2D eigenvalue weighted by molar-refractivity contribution is 5.45. The van der Waals surface area contributed by atoms with Gasteiger partial charge >= 0.3 is 0 Å². The summed E-state index contributed by atoms with van der Waals surface area (Å²) in [5.41, 5.74) is 0. The molecule has 19 heavy (non-hydrogen) atoms. The summed E-state index contributed by atoms with van der Waals surface area (Å²) in [4.78, 5) is 7.13. The Labute approximate surface area is 116 Å². The lowest BCUT2D eigenvalue weighted by Crippen LogP contribution is -2.39. The molecular formula is C15H26N4. The van der Waals surface area contributed by atoms with Gasteiger partial charge in [-0.05, 0) is 44.9 Å². The molecule has 0 unspecified atom stereocenters. The quantitative estimate of drug-likeness (QED) is 0.827. The first kappa shape index (κ1) is 14.1. The topological polar surface area (TPSA) is 40.2 Å². The first-order valence-electron chi connectivity index (χ1n) is 7.51. The van der Waals surface area contributed by atoms with E-state index in [1.165, 1.54) is 38.9 Å². The van der Waals surface area contributed by atoms with Crippen LogP contribution in [0.1, 0.15) is 33.1 Å². The zero-order chi connectivity index (χ0) is 13.5. The van der Waals surface area contributed by atoms with E-state index in [1.807, 2.05) is 6.07 Å². The summed E-state index contributed by atoms with van der Waals surface area (Å²) in [6, 6.07) is 6.69. The standard InChI is InChI=1S/C15H26N4/c1-3-10-19-11-8-13(9-12-19)17-15-7-5-6-14(18-15)16-4-2/h5-7,13H,3-4,8-12H2,1-2H3,(H2,16,17,18). The van der Waals surface area contributed by atoms with Crippen LogP contribution in [0.2, 0.25) is 0 Å². The Hall–Kier alpha value is -1.29. The van der Waals surface area contributed by atoms with Gasteiger partial charge in [-0.15, -0.1) is 0 Å². The monoisotopic (exact) mass is 262 g/mol. The van der Waals surface area contributed by atoms with Crippen LogP contribution in [0.25, 0.3) is 0 Å². The van der Waals surface area contributed by atoms with Gasteiger partial charge in [-0.3, -0.25) is 0 Å². The van der Waals surface area contributed by atoms with Gasteiger partial charge in [0.1, 0.15) is 11.6 Å². The number of hydrogen-bond acceptors (Lipinski definition) is 4. The molecule has 2 heterocycles. The molecule has 1 fully saturated rings. The summed E-state index contributed by atoms with van der Waals surface area (Å²) < 4.78 is 0. The minimum absolute atomic E-state index is 0.567. The molecule has 1 aromatic rings. The van der Waals surface area contributed by atoms with Crippen molar-refractivity contribution >= 4 is 11.6 Å². The molecule has 0 amide bonds. The van der Waals surface area contributed by atoms with E-state index >= 15 is 0 Å². The molecule has 1 saturated heterocycles. The molecule has 0 spiro atoms. The number of nitrogens with zero attached hydrogens (tertiary/aromatic N) is 2. The zero-order valence-corrected chi connectivity index (χ0v) is 12.2. The van der Waals surface area contributed by atoms with Crippen molar-refractivity contribution in [1.29, 1.82) is 0 Å². The molecule has 4 heteroatoms. The third-order valence-electron chi connectivity index (χ3n) is 3.59. The van der Waals surface area contributed by atoms with Crippen LogP contribution in [0.15, 0.2) is 18.2 Å². The maximum Gasteiger partial charge on any atom is 0.128 e. The molecule has 2 N–H and O–H groups in total. The summed E-state index contributed by atoms with van der Waals surface area (Å²) in [7, 11) is 0. The second-order valence-corrected chi connectivity index (χ2v) is 5.20. The lowest BCUT2D eigenvalue weighted by Gasteiger charge is -2.32. The third kappa shape index (κ3) is 4.39. The van der Waals surface area contributed by atoms with Gasteiger partial charge in [-0.1, -0.05) is 13.0 Å². The number of anilines is 2. The second kappa shape index (κ2) is 7.34.